The second-order valence-corrected chi connectivity index (χ2v) is 5.29. The molecule has 0 bridgehead atoms. The first-order chi connectivity index (χ1) is 9.26. The van der Waals surface area contributed by atoms with E-state index in [2.05, 4.69) is 10.1 Å². The molecule has 1 aromatic rings. The fraction of sp³-hybridized carbons (Fsp3) is 0.500. The number of nitrogens with two attached hydrogens (primary N) is 1. The molecule has 1 aromatic carbocycles. The van der Waals surface area contributed by atoms with Gasteiger partial charge >= 0.3 is 6.61 Å². The standard InChI is InChI=1S/C14H20F2N2O2/c1-14(2,17)9-18-12(19)8-5-10-3-6-11(7-4-10)20-13(15)16/h3-4,6-7,13H,5,8-9,17H2,1-2H3,(H,18,19). The summed E-state index contributed by atoms with van der Waals surface area (Å²) in [5, 5.41) is 2.74. The Morgan fingerprint density at radius 1 is 1.35 bits per heavy atom. The maximum absolute atomic E-state index is 12.0. The topological polar surface area (TPSA) is 64.3 Å². The van der Waals surface area contributed by atoms with Gasteiger partial charge in [0, 0.05) is 18.5 Å². The highest BCUT2D eigenvalue weighted by atomic mass is 19.3. The lowest BCUT2D eigenvalue weighted by Gasteiger charge is -2.18. The van der Waals surface area contributed by atoms with E-state index in [0.717, 1.165) is 5.56 Å². The number of carbonyl (C=O) groups is 1. The molecule has 0 saturated heterocycles. The van der Waals surface area contributed by atoms with Crippen molar-refractivity contribution < 1.29 is 18.3 Å². The number of aryl methyl sites for hydroxylation is 1. The van der Waals surface area contributed by atoms with Crippen LogP contribution < -0.4 is 15.8 Å². The number of halogens is 2. The number of ether oxygens (including phenoxy) is 1. The minimum absolute atomic E-state index is 0.0866. The molecule has 0 saturated carbocycles. The predicted molar refractivity (Wildman–Crippen MR) is 72.7 cm³/mol. The van der Waals surface area contributed by atoms with E-state index < -0.39 is 12.2 Å². The van der Waals surface area contributed by atoms with Crippen LogP contribution in [0.4, 0.5) is 8.78 Å². The smallest absolute Gasteiger partial charge is 0.387 e. The molecule has 0 heterocycles. The first kappa shape index (κ1) is 16.4. The average molecular weight is 286 g/mol. The zero-order chi connectivity index (χ0) is 15.2. The Hall–Kier alpha value is -1.69. The van der Waals surface area contributed by atoms with Gasteiger partial charge in [-0.15, -0.1) is 0 Å². The molecule has 4 nitrogen and oxygen atoms in total. The second-order valence-electron chi connectivity index (χ2n) is 5.29. The van der Waals surface area contributed by atoms with E-state index in [1.807, 2.05) is 13.8 Å². The first-order valence-corrected chi connectivity index (χ1v) is 6.35. The van der Waals surface area contributed by atoms with Crippen LogP contribution in [-0.4, -0.2) is 24.6 Å². The van der Waals surface area contributed by atoms with Gasteiger partial charge in [0.05, 0.1) is 0 Å². The summed E-state index contributed by atoms with van der Waals surface area (Å²) in [5.74, 6) is 0.0227. The van der Waals surface area contributed by atoms with Crippen molar-refractivity contribution in [1.29, 1.82) is 0 Å². The predicted octanol–water partition coefficient (Wildman–Crippen LogP) is 2.07. The van der Waals surface area contributed by atoms with Crippen LogP contribution >= 0.6 is 0 Å². The van der Waals surface area contributed by atoms with Crippen LogP contribution in [0, 0.1) is 0 Å². The molecule has 0 aliphatic heterocycles. The third kappa shape index (κ3) is 7.04. The lowest BCUT2D eigenvalue weighted by molar-refractivity contribution is -0.121. The zero-order valence-electron chi connectivity index (χ0n) is 11.7. The lowest BCUT2D eigenvalue weighted by Crippen LogP contribution is -2.45. The number of amides is 1. The molecule has 0 aliphatic carbocycles. The van der Waals surface area contributed by atoms with Crippen LogP contribution in [0.25, 0.3) is 0 Å². The van der Waals surface area contributed by atoms with Gasteiger partial charge in [0.2, 0.25) is 5.91 Å². The van der Waals surface area contributed by atoms with Gasteiger partial charge < -0.3 is 15.8 Å². The van der Waals surface area contributed by atoms with E-state index in [1.54, 1.807) is 12.1 Å². The van der Waals surface area contributed by atoms with E-state index in [-0.39, 0.29) is 11.7 Å². The fourth-order valence-corrected chi connectivity index (χ4v) is 1.51. The Morgan fingerprint density at radius 3 is 2.45 bits per heavy atom. The van der Waals surface area contributed by atoms with Crippen LogP contribution in [0.15, 0.2) is 24.3 Å². The summed E-state index contributed by atoms with van der Waals surface area (Å²) in [4.78, 5) is 11.6. The number of carbonyl (C=O) groups excluding carboxylic acids is 1. The van der Waals surface area contributed by atoms with Gasteiger partial charge in [0.15, 0.2) is 0 Å². The van der Waals surface area contributed by atoms with Crippen LogP contribution in [0.1, 0.15) is 25.8 Å². The van der Waals surface area contributed by atoms with E-state index in [4.69, 9.17) is 5.73 Å². The summed E-state index contributed by atoms with van der Waals surface area (Å²) in [7, 11) is 0. The van der Waals surface area contributed by atoms with Gasteiger partial charge in [-0.2, -0.15) is 8.78 Å². The van der Waals surface area contributed by atoms with Crippen molar-refractivity contribution in [3.63, 3.8) is 0 Å². The number of benzene rings is 1. The maximum atomic E-state index is 12.0. The highest BCUT2D eigenvalue weighted by molar-refractivity contribution is 5.76. The third-order valence-electron chi connectivity index (χ3n) is 2.53. The van der Waals surface area contributed by atoms with Crippen molar-refractivity contribution >= 4 is 5.91 Å². The quantitative estimate of drug-likeness (QED) is 0.806. The molecule has 6 heteroatoms. The average Bonchev–Trinajstić information content (AvgIpc) is 2.34. The SMILES string of the molecule is CC(C)(N)CNC(=O)CCc1ccc(OC(F)F)cc1. The van der Waals surface area contributed by atoms with E-state index >= 15 is 0 Å². The van der Waals surface area contributed by atoms with Crippen molar-refractivity contribution in [2.24, 2.45) is 5.73 Å². The summed E-state index contributed by atoms with van der Waals surface area (Å²) in [6.07, 6.45) is 0.858. The summed E-state index contributed by atoms with van der Waals surface area (Å²) in [6, 6.07) is 6.25. The van der Waals surface area contributed by atoms with Crippen molar-refractivity contribution in [2.45, 2.75) is 38.8 Å². The second kappa shape index (κ2) is 7.19. The van der Waals surface area contributed by atoms with E-state index in [1.165, 1.54) is 12.1 Å². The summed E-state index contributed by atoms with van der Waals surface area (Å²) in [6.45, 7) is 1.24. The number of alkyl halides is 2. The van der Waals surface area contributed by atoms with Crippen molar-refractivity contribution in [3.05, 3.63) is 29.8 Å². The number of nitrogens with one attached hydrogen (secondary N) is 1. The molecule has 3 N–H and O–H groups in total. The van der Waals surface area contributed by atoms with Gasteiger partial charge in [-0.05, 0) is 38.0 Å². The Morgan fingerprint density at radius 2 is 1.95 bits per heavy atom. The molecule has 0 aliphatic rings. The van der Waals surface area contributed by atoms with Crippen LogP contribution in [0.5, 0.6) is 5.75 Å². The maximum Gasteiger partial charge on any atom is 0.387 e. The summed E-state index contributed by atoms with van der Waals surface area (Å²) < 4.78 is 28.2. The van der Waals surface area contributed by atoms with Gasteiger partial charge in [0.1, 0.15) is 5.75 Å². The molecule has 112 valence electrons. The molecular formula is C14H20F2N2O2. The highest BCUT2D eigenvalue weighted by Gasteiger charge is 2.12. The molecular weight excluding hydrogens is 266 g/mol. The number of hydrogen-bond acceptors (Lipinski definition) is 3. The Bertz CT molecular complexity index is 428. The molecule has 0 unspecified atom stereocenters. The zero-order valence-corrected chi connectivity index (χ0v) is 11.7. The lowest BCUT2D eigenvalue weighted by atomic mass is 10.1. The van der Waals surface area contributed by atoms with Crippen molar-refractivity contribution in [2.75, 3.05) is 6.54 Å². The molecule has 0 radical (unpaired) electrons. The molecule has 0 fully saturated rings. The molecule has 0 aromatic heterocycles. The summed E-state index contributed by atoms with van der Waals surface area (Å²) in [5.41, 5.74) is 6.20. The molecule has 0 spiro atoms. The van der Waals surface area contributed by atoms with Gasteiger partial charge in [-0.3, -0.25) is 4.79 Å². The fourth-order valence-electron chi connectivity index (χ4n) is 1.51. The molecule has 1 amide bonds. The Kier molecular flexibility index (Phi) is 5.88. The van der Waals surface area contributed by atoms with E-state index in [9.17, 15) is 13.6 Å². The number of hydrogen-bond donors (Lipinski definition) is 2. The molecule has 0 atom stereocenters. The van der Waals surface area contributed by atoms with Crippen LogP contribution in [0.2, 0.25) is 0 Å². The summed E-state index contributed by atoms with van der Waals surface area (Å²) >= 11 is 0. The number of rotatable bonds is 7. The van der Waals surface area contributed by atoms with Crippen LogP contribution in [-0.2, 0) is 11.2 Å². The normalized spacial score (nSPS) is 11.5. The van der Waals surface area contributed by atoms with Gasteiger partial charge in [-0.1, -0.05) is 12.1 Å². The largest absolute Gasteiger partial charge is 0.435 e. The minimum Gasteiger partial charge on any atom is -0.435 e. The third-order valence-corrected chi connectivity index (χ3v) is 2.53. The van der Waals surface area contributed by atoms with Gasteiger partial charge in [0.25, 0.3) is 0 Å². The van der Waals surface area contributed by atoms with Crippen molar-refractivity contribution in [1.82, 2.24) is 5.32 Å². The Balaban J connectivity index is 2.36. The van der Waals surface area contributed by atoms with E-state index in [0.29, 0.717) is 19.4 Å². The minimum atomic E-state index is -2.83. The van der Waals surface area contributed by atoms with Crippen molar-refractivity contribution in [3.8, 4) is 5.75 Å². The van der Waals surface area contributed by atoms with Gasteiger partial charge in [-0.25, -0.2) is 0 Å². The Labute approximate surface area is 117 Å². The molecule has 1 rings (SSSR count). The monoisotopic (exact) mass is 286 g/mol. The molecule has 20 heavy (non-hydrogen) atoms. The van der Waals surface area contributed by atoms with Crippen LogP contribution in [0.3, 0.4) is 0 Å². The highest BCUT2D eigenvalue weighted by Crippen LogP contribution is 2.15. The first-order valence-electron chi connectivity index (χ1n) is 6.35.